The molecule has 0 heterocycles. The van der Waals surface area contributed by atoms with E-state index in [1.165, 1.54) is 12.8 Å². The summed E-state index contributed by atoms with van der Waals surface area (Å²) in [7, 11) is 1.61. The average molecular weight is 264 g/mol. The molecule has 19 heavy (non-hydrogen) atoms. The van der Waals surface area contributed by atoms with Gasteiger partial charge in [0.25, 0.3) is 0 Å². The highest BCUT2D eigenvalue weighted by Gasteiger charge is 2.06. The van der Waals surface area contributed by atoms with Gasteiger partial charge in [0.1, 0.15) is 5.75 Å². The predicted octanol–water partition coefficient (Wildman–Crippen LogP) is 2.80. The maximum absolute atomic E-state index is 11.8. The van der Waals surface area contributed by atoms with E-state index in [9.17, 15) is 4.79 Å². The predicted molar refractivity (Wildman–Crippen MR) is 78.6 cm³/mol. The number of ether oxygens (including phenoxy) is 1. The molecule has 1 aromatic carbocycles. The first-order valence-electron chi connectivity index (χ1n) is 6.83. The third-order valence-electron chi connectivity index (χ3n) is 2.96. The van der Waals surface area contributed by atoms with Crippen molar-refractivity contribution < 1.29 is 9.53 Å². The highest BCUT2D eigenvalue weighted by atomic mass is 16.5. The molecule has 1 unspecified atom stereocenters. The molecule has 0 aliphatic carbocycles. The smallest absolute Gasteiger partial charge is 0.238 e. The van der Waals surface area contributed by atoms with Crippen LogP contribution in [0, 0.1) is 0 Å². The zero-order valence-electron chi connectivity index (χ0n) is 12.0. The fraction of sp³-hybridized carbons (Fsp3) is 0.533. The summed E-state index contributed by atoms with van der Waals surface area (Å²) in [5.41, 5.74) is 0.757. The molecular formula is C15H24N2O2. The lowest BCUT2D eigenvalue weighted by Gasteiger charge is -2.13. The van der Waals surface area contributed by atoms with Crippen LogP contribution in [0.4, 0.5) is 5.69 Å². The number of benzene rings is 1. The Morgan fingerprint density at radius 3 is 2.89 bits per heavy atom. The monoisotopic (exact) mass is 264 g/mol. The fourth-order valence-electron chi connectivity index (χ4n) is 1.79. The zero-order valence-corrected chi connectivity index (χ0v) is 12.0. The minimum atomic E-state index is -0.0309. The average Bonchev–Trinajstić information content (AvgIpc) is 2.43. The molecule has 0 fully saturated rings. The van der Waals surface area contributed by atoms with Crippen LogP contribution in [0.5, 0.6) is 5.75 Å². The van der Waals surface area contributed by atoms with E-state index in [2.05, 4.69) is 24.5 Å². The van der Waals surface area contributed by atoms with Crippen molar-refractivity contribution in [1.29, 1.82) is 0 Å². The summed E-state index contributed by atoms with van der Waals surface area (Å²) in [6.07, 6.45) is 3.47. The number of methoxy groups -OCH3 is 1. The number of nitrogens with one attached hydrogen (secondary N) is 2. The van der Waals surface area contributed by atoms with Crippen molar-refractivity contribution in [2.75, 3.05) is 19.0 Å². The number of hydrogen-bond donors (Lipinski definition) is 2. The summed E-state index contributed by atoms with van der Waals surface area (Å²) >= 11 is 0. The van der Waals surface area contributed by atoms with Gasteiger partial charge in [-0.1, -0.05) is 25.8 Å². The van der Waals surface area contributed by atoms with Gasteiger partial charge in [-0.25, -0.2) is 0 Å². The molecule has 4 heteroatoms. The maximum atomic E-state index is 11.8. The van der Waals surface area contributed by atoms with Gasteiger partial charge in [-0.2, -0.15) is 0 Å². The van der Waals surface area contributed by atoms with Crippen LogP contribution in [-0.4, -0.2) is 25.6 Å². The molecule has 0 aromatic heterocycles. The van der Waals surface area contributed by atoms with Gasteiger partial charge in [0.05, 0.1) is 13.7 Å². The first kappa shape index (κ1) is 15.5. The lowest BCUT2D eigenvalue weighted by atomic mass is 10.1. The Morgan fingerprint density at radius 1 is 1.42 bits per heavy atom. The highest BCUT2D eigenvalue weighted by Crippen LogP contribution is 2.16. The number of carbonyl (C=O) groups is 1. The van der Waals surface area contributed by atoms with E-state index in [0.717, 1.165) is 17.9 Å². The van der Waals surface area contributed by atoms with Crippen LogP contribution < -0.4 is 15.4 Å². The number of amides is 1. The number of unbranched alkanes of at least 4 members (excludes halogenated alkanes) is 1. The van der Waals surface area contributed by atoms with Crippen LogP contribution >= 0.6 is 0 Å². The van der Waals surface area contributed by atoms with Crippen LogP contribution in [0.25, 0.3) is 0 Å². The summed E-state index contributed by atoms with van der Waals surface area (Å²) in [5, 5.41) is 6.07. The molecule has 4 nitrogen and oxygen atoms in total. The van der Waals surface area contributed by atoms with Crippen LogP contribution in [0.3, 0.4) is 0 Å². The topological polar surface area (TPSA) is 50.4 Å². The van der Waals surface area contributed by atoms with Crippen molar-refractivity contribution in [2.24, 2.45) is 0 Å². The van der Waals surface area contributed by atoms with Crippen molar-refractivity contribution in [2.45, 2.75) is 39.2 Å². The van der Waals surface area contributed by atoms with Gasteiger partial charge in [-0.3, -0.25) is 4.79 Å². The lowest BCUT2D eigenvalue weighted by molar-refractivity contribution is -0.115. The highest BCUT2D eigenvalue weighted by molar-refractivity contribution is 5.92. The van der Waals surface area contributed by atoms with Crippen LogP contribution in [0.15, 0.2) is 24.3 Å². The zero-order chi connectivity index (χ0) is 14.1. The van der Waals surface area contributed by atoms with E-state index < -0.39 is 0 Å². The van der Waals surface area contributed by atoms with E-state index in [1.54, 1.807) is 13.2 Å². The summed E-state index contributed by atoms with van der Waals surface area (Å²) in [5.74, 6) is 0.707. The van der Waals surface area contributed by atoms with Gasteiger partial charge in [0.2, 0.25) is 5.91 Å². The van der Waals surface area contributed by atoms with Crippen molar-refractivity contribution in [1.82, 2.24) is 5.32 Å². The number of rotatable bonds is 8. The second-order valence-corrected chi connectivity index (χ2v) is 4.70. The number of carbonyl (C=O) groups excluding carboxylic acids is 1. The SMILES string of the molecule is CCCCC(C)NCC(=O)Nc1cccc(OC)c1. The standard InChI is InChI=1S/C15H24N2O2/c1-4-5-7-12(2)16-11-15(18)17-13-8-6-9-14(10-13)19-3/h6,8-10,12,16H,4-5,7,11H2,1-3H3,(H,17,18). The molecule has 1 rings (SSSR count). The Hall–Kier alpha value is -1.55. The minimum Gasteiger partial charge on any atom is -0.497 e. The fourth-order valence-corrected chi connectivity index (χ4v) is 1.79. The summed E-state index contributed by atoms with van der Waals surface area (Å²) < 4.78 is 5.11. The largest absolute Gasteiger partial charge is 0.497 e. The Labute approximate surface area is 115 Å². The third-order valence-corrected chi connectivity index (χ3v) is 2.96. The lowest BCUT2D eigenvalue weighted by Crippen LogP contribution is -2.34. The molecule has 1 atom stereocenters. The van der Waals surface area contributed by atoms with Crippen LogP contribution in [0.1, 0.15) is 33.1 Å². The number of anilines is 1. The molecular weight excluding hydrogens is 240 g/mol. The maximum Gasteiger partial charge on any atom is 0.238 e. The molecule has 0 aliphatic rings. The van der Waals surface area contributed by atoms with E-state index in [-0.39, 0.29) is 5.91 Å². The normalized spacial score (nSPS) is 11.9. The van der Waals surface area contributed by atoms with Crippen molar-refractivity contribution in [3.63, 3.8) is 0 Å². The molecule has 1 amide bonds. The second-order valence-electron chi connectivity index (χ2n) is 4.70. The van der Waals surface area contributed by atoms with Gasteiger partial charge in [-0.15, -0.1) is 0 Å². The minimum absolute atomic E-state index is 0.0309. The van der Waals surface area contributed by atoms with Crippen LogP contribution in [-0.2, 0) is 4.79 Å². The molecule has 0 aliphatic heterocycles. The molecule has 0 bridgehead atoms. The van der Waals surface area contributed by atoms with E-state index >= 15 is 0 Å². The van der Waals surface area contributed by atoms with Gasteiger partial charge in [0.15, 0.2) is 0 Å². The van der Waals surface area contributed by atoms with E-state index in [1.807, 2.05) is 18.2 Å². The first-order valence-corrected chi connectivity index (χ1v) is 6.83. The van der Waals surface area contributed by atoms with Crippen molar-refractivity contribution >= 4 is 11.6 Å². The Bertz CT molecular complexity index is 393. The molecule has 0 spiro atoms. The van der Waals surface area contributed by atoms with Crippen molar-refractivity contribution in [3.05, 3.63) is 24.3 Å². The molecule has 0 saturated heterocycles. The molecule has 1 aromatic rings. The quantitative estimate of drug-likeness (QED) is 0.759. The molecule has 0 saturated carbocycles. The Morgan fingerprint density at radius 2 is 2.21 bits per heavy atom. The van der Waals surface area contributed by atoms with Crippen LogP contribution in [0.2, 0.25) is 0 Å². The summed E-state index contributed by atoms with van der Waals surface area (Å²) in [6, 6.07) is 7.72. The second kappa shape index (κ2) is 8.53. The van der Waals surface area contributed by atoms with Gasteiger partial charge >= 0.3 is 0 Å². The number of hydrogen-bond acceptors (Lipinski definition) is 3. The summed E-state index contributed by atoms with van der Waals surface area (Å²) in [6.45, 7) is 4.61. The van der Waals surface area contributed by atoms with Gasteiger partial charge in [-0.05, 0) is 25.5 Å². The molecule has 2 N–H and O–H groups in total. The third kappa shape index (κ3) is 6.25. The summed E-state index contributed by atoms with van der Waals surface area (Å²) in [4.78, 5) is 11.8. The van der Waals surface area contributed by atoms with Crippen molar-refractivity contribution in [3.8, 4) is 5.75 Å². The van der Waals surface area contributed by atoms with Gasteiger partial charge in [0, 0.05) is 17.8 Å². The molecule has 106 valence electrons. The Balaban J connectivity index is 2.34. The van der Waals surface area contributed by atoms with E-state index in [0.29, 0.717) is 12.6 Å². The first-order chi connectivity index (χ1) is 9.15. The Kier molecular flexibility index (Phi) is 6.97. The van der Waals surface area contributed by atoms with Gasteiger partial charge < -0.3 is 15.4 Å². The molecule has 0 radical (unpaired) electrons. The van der Waals surface area contributed by atoms with E-state index in [4.69, 9.17) is 4.74 Å².